The minimum Gasteiger partial charge on any atom is -0.494 e. The minimum absolute atomic E-state index is 0.0380. The summed E-state index contributed by atoms with van der Waals surface area (Å²) >= 11 is 0. The van der Waals surface area contributed by atoms with E-state index in [2.05, 4.69) is 16.0 Å². The first-order valence-electron chi connectivity index (χ1n) is 9.03. The van der Waals surface area contributed by atoms with Crippen LogP contribution in [0.2, 0.25) is 0 Å². The standard InChI is InChI=1S/C20H20N4O5/c1-2-29-14-9-7-13(8-10-14)18(26)22-21-17(25)11-12-24-20(28)16-6-4-3-5-15(16)19(27)23-24/h3-10H,2,11-12H2,1H3,(H,21,25)(H,22,26)(H,23,27). The van der Waals surface area contributed by atoms with Gasteiger partial charge in [-0.3, -0.25) is 35.1 Å². The van der Waals surface area contributed by atoms with Crippen molar-refractivity contribution in [3.05, 3.63) is 74.8 Å². The summed E-state index contributed by atoms with van der Waals surface area (Å²) in [6, 6.07) is 12.9. The van der Waals surface area contributed by atoms with Gasteiger partial charge >= 0.3 is 0 Å². The molecule has 29 heavy (non-hydrogen) atoms. The van der Waals surface area contributed by atoms with Gasteiger partial charge in [0.15, 0.2) is 0 Å². The summed E-state index contributed by atoms with van der Waals surface area (Å²) in [7, 11) is 0. The molecule has 0 fully saturated rings. The van der Waals surface area contributed by atoms with Crippen molar-refractivity contribution < 1.29 is 14.3 Å². The number of aryl methyl sites for hydroxylation is 1. The van der Waals surface area contributed by atoms with Crippen molar-refractivity contribution in [3.8, 4) is 5.75 Å². The second kappa shape index (κ2) is 8.87. The molecule has 0 radical (unpaired) electrons. The molecule has 0 aliphatic carbocycles. The lowest BCUT2D eigenvalue weighted by atomic mass is 10.2. The summed E-state index contributed by atoms with van der Waals surface area (Å²) in [5, 5.41) is 3.02. The average molecular weight is 396 g/mol. The van der Waals surface area contributed by atoms with E-state index in [1.165, 1.54) is 0 Å². The Morgan fingerprint density at radius 3 is 2.38 bits per heavy atom. The van der Waals surface area contributed by atoms with Gasteiger partial charge in [-0.05, 0) is 43.3 Å². The molecular formula is C20H20N4O5. The van der Waals surface area contributed by atoms with Gasteiger partial charge in [0, 0.05) is 12.0 Å². The van der Waals surface area contributed by atoms with Gasteiger partial charge in [-0.1, -0.05) is 12.1 Å². The lowest BCUT2D eigenvalue weighted by Crippen LogP contribution is -2.42. The van der Waals surface area contributed by atoms with Gasteiger partial charge in [0.05, 0.1) is 23.9 Å². The number of H-pyrrole nitrogens is 1. The molecule has 0 unspecified atom stereocenters. The van der Waals surface area contributed by atoms with Crippen LogP contribution in [0.25, 0.3) is 10.8 Å². The van der Waals surface area contributed by atoms with Gasteiger partial charge < -0.3 is 4.74 Å². The summed E-state index contributed by atoms with van der Waals surface area (Å²) in [5.41, 5.74) is 4.13. The average Bonchev–Trinajstić information content (AvgIpc) is 2.74. The predicted octanol–water partition coefficient (Wildman–Crippen LogP) is 0.940. The number of rotatable bonds is 6. The molecule has 9 heteroatoms. The highest BCUT2D eigenvalue weighted by molar-refractivity contribution is 5.95. The smallest absolute Gasteiger partial charge is 0.273 e. The number of aromatic nitrogens is 2. The zero-order valence-corrected chi connectivity index (χ0v) is 15.7. The van der Waals surface area contributed by atoms with Crippen LogP contribution in [-0.2, 0) is 11.3 Å². The summed E-state index contributed by atoms with van der Waals surface area (Å²) < 4.78 is 6.38. The molecular weight excluding hydrogens is 376 g/mol. The summed E-state index contributed by atoms with van der Waals surface area (Å²) in [5.74, 6) is -0.356. The zero-order valence-electron chi connectivity index (χ0n) is 15.7. The lowest BCUT2D eigenvalue weighted by Gasteiger charge is -2.09. The fraction of sp³-hybridized carbons (Fsp3) is 0.200. The Labute approximate surface area is 165 Å². The highest BCUT2D eigenvalue weighted by Crippen LogP contribution is 2.11. The van der Waals surface area contributed by atoms with E-state index in [1.807, 2.05) is 6.92 Å². The van der Waals surface area contributed by atoms with E-state index in [4.69, 9.17) is 4.74 Å². The van der Waals surface area contributed by atoms with E-state index >= 15 is 0 Å². The second-order valence-corrected chi connectivity index (χ2v) is 6.15. The third kappa shape index (κ3) is 4.70. The van der Waals surface area contributed by atoms with Crippen LogP contribution in [-0.4, -0.2) is 28.2 Å². The van der Waals surface area contributed by atoms with E-state index in [0.29, 0.717) is 23.3 Å². The van der Waals surface area contributed by atoms with Crippen molar-refractivity contribution in [2.45, 2.75) is 19.9 Å². The van der Waals surface area contributed by atoms with Crippen LogP contribution >= 0.6 is 0 Å². The molecule has 1 aromatic heterocycles. The Bertz CT molecular complexity index is 1150. The predicted molar refractivity (Wildman–Crippen MR) is 107 cm³/mol. The van der Waals surface area contributed by atoms with Gasteiger partial charge in [-0.2, -0.15) is 0 Å². The van der Waals surface area contributed by atoms with Crippen molar-refractivity contribution in [3.63, 3.8) is 0 Å². The van der Waals surface area contributed by atoms with Crippen molar-refractivity contribution in [1.29, 1.82) is 0 Å². The fourth-order valence-corrected chi connectivity index (χ4v) is 2.75. The molecule has 0 bridgehead atoms. The highest BCUT2D eigenvalue weighted by Gasteiger charge is 2.10. The molecule has 3 N–H and O–H groups in total. The normalized spacial score (nSPS) is 10.5. The van der Waals surface area contributed by atoms with Gasteiger partial charge in [0.25, 0.3) is 17.0 Å². The van der Waals surface area contributed by atoms with Crippen molar-refractivity contribution in [2.75, 3.05) is 6.61 Å². The summed E-state index contributed by atoms with van der Waals surface area (Å²) in [6.07, 6.45) is -0.113. The molecule has 9 nitrogen and oxygen atoms in total. The number of aromatic amines is 1. The van der Waals surface area contributed by atoms with Crippen molar-refractivity contribution >= 4 is 22.6 Å². The Morgan fingerprint density at radius 1 is 1.00 bits per heavy atom. The number of hydrogen-bond acceptors (Lipinski definition) is 5. The number of fused-ring (bicyclic) bond motifs is 1. The van der Waals surface area contributed by atoms with Crippen LogP contribution in [0, 0.1) is 0 Å². The second-order valence-electron chi connectivity index (χ2n) is 6.15. The van der Waals surface area contributed by atoms with Crippen LogP contribution in [0.1, 0.15) is 23.7 Å². The van der Waals surface area contributed by atoms with Gasteiger partial charge in [0.2, 0.25) is 5.91 Å². The van der Waals surface area contributed by atoms with Crippen LogP contribution in [0.3, 0.4) is 0 Å². The first-order valence-corrected chi connectivity index (χ1v) is 9.03. The van der Waals surface area contributed by atoms with E-state index in [1.54, 1.807) is 48.5 Å². The largest absolute Gasteiger partial charge is 0.494 e. The third-order valence-electron chi connectivity index (χ3n) is 4.19. The van der Waals surface area contributed by atoms with Crippen LogP contribution in [0.5, 0.6) is 5.75 Å². The quantitative estimate of drug-likeness (QED) is 0.535. The molecule has 0 spiro atoms. The number of ether oxygens (including phenoxy) is 1. The summed E-state index contributed by atoms with van der Waals surface area (Å²) in [4.78, 5) is 48.5. The highest BCUT2D eigenvalue weighted by atomic mass is 16.5. The molecule has 0 aliphatic rings. The number of hydrogen-bond donors (Lipinski definition) is 3. The Balaban J connectivity index is 1.57. The van der Waals surface area contributed by atoms with Crippen LogP contribution in [0.15, 0.2) is 58.1 Å². The molecule has 3 aromatic rings. The number of carbonyl (C=O) groups excluding carboxylic acids is 2. The van der Waals surface area contributed by atoms with E-state index in [9.17, 15) is 19.2 Å². The van der Waals surface area contributed by atoms with Crippen molar-refractivity contribution in [1.82, 2.24) is 20.6 Å². The maximum atomic E-state index is 12.4. The number of benzene rings is 2. The van der Waals surface area contributed by atoms with E-state index in [-0.39, 0.29) is 18.4 Å². The van der Waals surface area contributed by atoms with Gasteiger partial charge in [0.1, 0.15) is 5.75 Å². The monoisotopic (exact) mass is 396 g/mol. The fourth-order valence-electron chi connectivity index (χ4n) is 2.75. The maximum Gasteiger partial charge on any atom is 0.273 e. The zero-order chi connectivity index (χ0) is 20.8. The Kier molecular flexibility index (Phi) is 6.08. The number of nitrogens with one attached hydrogen (secondary N) is 3. The van der Waals surface area contributed by atoms with Gasteiger partial charge in [-0.25, -0.2) is 4.68 Å². The summed E-state index contributed by atoms with van der Waals surface area (Å²) in [6.45, 7) is 2.34. The molecule has 0 atom stereocenters. The molecule has 1 heterocycles. The SMILES string of the molecule is CCOc1ccc(C(=O)NNC(=O)CCn2[nH]c(=O)c3ccccc3c2=O)cc1. The van der Waals surface area contributed by atoms with E-state index in [0.717, 1.165) is 4.68 Å². The first-order chi connectivity index (χ1) is 14.0. The first kappa shape index (κ1) is 19.9. The minimum atomic E-state index is -0.509. The van der Waals surface area contributed by atoms with Crippen LogP contribution < -0.4 is 26.7 Å². The molecule has 0 aliphatic heterocycles. The molecule has 2 amide bonds. The molecule has 2 aromatic carbocycles. The van der Waals surface area contributed by atoms with E-state index < -0.39 is 22.9 Å². The number of hydrazine groups is 1. The van der Waals surface area contributed by atoms with Gasteiger partial charge in [-0.15, -0.1) is 0 Å². The topological polar surface area (TPSA) is 122 Å². The Hall–Kier alpha value is -3.88. The number of carbonyl (C=O) groups is 2. The number of amides is 2. The lowest BCUT2D eigenvalue weighted by molar-refractivity contribution is -0.122. The molecule has 0 saturated carbocycles. The maximum absolute atomic E-state index is 12.4. The molecule has 3 rings (SSSR count). The third-order valence-corrected chi connectivity index (χ3v) is 4.19. The number of nitrogens with zero attached hydrogens (tertiary/aromatic N) is 1. The van der Waals surface area contributed by atoms with Crippen LogP contribution in [0.4, 0.5) is 0 Å². The Morgan fingerprint density at radius 2 is 1.69 bits per heavy atom. The molecule has 150 valence electrons. The molecule has 0 saturated heterocycles. The van der Waals surface area contributed by atoms with Crippen molar-refractivity contribution in [2.24, 2.45) is 0 Å².